The molecule has 1 aliphatic rings. The minimum absolute atomic E-state index is 0.105. The highest BCUT2D eigenvalue weighted by Gasteiger charge is 2.22. The van der Waals surface area contributed by atoms with Crippen molar-refractivity contribution in [2.45, 2.75) is 12.8 Å². The molecule has 0 bridgehead atoms. The van der Waals surface area contributed by atoms with Crippen LogP contribution < -0.4 is 10.2 Å². The zero-order valence-corrected chi connectivity index (χ0v) is 13.6. The van der Waals surface area contributed by atoms with Crippen molar-refractivity contribution in [3.8, 4) is 0 Å². The maximum atomic E-state index is 12.5. The van der Waals surface area contributed by atoms with Crippen LogP contribution in [0.25, 0.3) is 10.9 Å². The summed E-state index contributed by atoms with van der Waals surface area (Å²) in [4.78, 5) is 30.6. The SMILES string of the molecule is O=C(Nc1ccc2ccccc2n1)c1cccc(N2CCCC2=O)c1. The van der Waals surface area contributed by atoms with Gasteiger partial charge in [-0.1, -0.05) is 24.3 Å². The summed E-state index contributed by atoms with van der Waals surface area (Å²) >= 11 is 0. The van der Waals surface area contributed by atoms with Gasteiger partial charge in [-0.25, -0.2) is 4.98 Å². The van der Waals surface area contributed by atoms with E-state index < -0.39 is 0 Å². The van der Waals surface area contributed by atoms with Crippen LogP contribution in [0.15, 0.2) is 60.7 Å². The summed E-state index contributed by atoms with van der Waals surface area (Å²) in [5, 5.41) is 3.85. The molecule has 5 heteroatoms. The van der Waals surface area contributed by atoms with E-state index in [0.29, 0.717) is 24.3 Å². The van der Waals surface area contributed by atoms with Crippen LogP contribution in [0.3, 0.4) is 0 Å². The molecule has 0 unspecified atom stereocenters. The Balaban J connectivity index is 1.57. The molecule has 2 aromatic carbocycles. The molecular weight excluding hydrogens is 314 g/mol. The molecule has 5 nitrogen and oxygen atoms in total. The zero-order valence-electron chi connectivity index (χ0n) is 13.6. The van der Waals surface area contributed by atoms with Gasteiger partial charge >= 0.3 is 0 Å². The van der Waals surface area contributed by atoms with Gasteiger partial charge in [0, 0.05) is 29.6 Å². The van der Waals surface area contributed by atoms with Crippen LogP contribution in [0.1, 0.15) is 23.2 Å². The molecule has 1 aliphatic heterocycles. The molecule has 0 atom stereocenters. The minimum Gasteiger partial charge on any atom is -0.312 e. The van der Waals surface area contributed by atoms with Gasteiger partial charge in [0.05, 0.1) is 5.52 Å². The Kier molecular flexibility index (Phi) is 3.90. The number of amides is 2. The molecule has 0 spiro atoms. The predicted octanol–water partition coefficient (Wildman–Crippen LogP) is 3.61. The number of hydrogen-bond donors (Lipinski definition) is 1. The molecular formula is C20H17N3O2. The first kappa shape index (κ1) is 15.3. The Morgan fingerprint density at radius 1 is 1.04 bits per heavy atom. The number of aromatic nitrogens is 1. The van der Waals surface area contributed by atoms with E-state index in [4.69, 9.17) is 0 Å². The second-order valence-electron chi connectivity index (χ2n) is 6.04. The average molecular weight is 331 g/mol. The van der Waals surface area contributed by atoms with Gasteiger partial charge in [-0.3, -0.25) is 9.59 Å². The standard InChI is InChI=1S/C20H17N3O2/c24-19-9-4-12-23(19)16-7-3-6-15(13-16)20(25)22-18-11-10-14-5-1-2-8-17(14)21-18/h1-3,5-8,10-11,13H,4,9,12H2,(H,21,22,25). The monoisotopic (exact) mass is 331 g/mol. The second-order valence-corrected chi connectivity index (χ2v) is 6.04. The summed E-state index contributed by atoms with van der Waals surface area (Å²) in [5.74, 6) is 0.372. The normalized spacial score (nSPS) is 14.1. The van der Waals surface area contributed by atoms with Crippen molar-refractivity contribution in [1.29, 1.82) is 0 Å². The topological polar surface area (TPSA) is 62.3 Å². The minimum atomic E-state index is -0.240. The number of carbonyl (C=O) groups excluding carboxylic acids is 2. The number of hydrogen-bond acceptors (Lipinski definition) is 3. The third-order valence-corrected chi connectivity index (χ3v) is 4.33. The molecule has 1 fully saturated rings. The molecule has 3 aromatic rings. The Labute approximate surface area is 145 Å². The number of nitrogens with zero attached hydrogens (tertiary/aromatic N) is 2. The quantitative estimate of drug-likeness (QED) is 0.797. The Morgan fingerprint density at radius 2 is 1.92 bits per heavy atom. The first-order valence-electron chi connectivity index (χ1n) is 8.28. The highest BCUT2D eigenvalue weighted by Crippen LogP contribution is 2.23. The van der Waals surface area contributed by atoms with Gasteiger partial charge < -0.3 is 10.2 Å². The summed E-state index contributed by atoms with van der Waals surface area (Å²) < 4.78 is 0. The van der Waals surface area contributed by atoms with Crippen LogP contribution in [0, 0.1) is 0 Å². The number of benzene rings is 2. The van der Waals surface area contributed by atoms with Crippen LogP contribution in [-0.2, 0) is 4.79 Å². The lowest BCUT2D eigenvalue weighted by molar-refractivity contribution is -0.117. The molecule has 1 saturated heterocycles. The number of fused-ring (bicyclic) bond motifs is 1. The molecule has 2 heterocycles. The summed E-state index contributed by atoms with van der Waals surface area (Å²) in [6, 6.07) is 18.6. The fourth-order valence-corrected chi connectivity index (χ4v) is 3.06. The van der Waals surface area contributed by atoms with Crippen molar-refractivity contribution < 1.29 is 9.59 Å². The number of rotatable bonds is 3. The van der Waals surface area contributed by atoms with Crippen LogP contribution in [0.2, 0.25) is 0 Å². The molecule has 1 N–H and O–H groups in total. The lowest BCUT2D eigenvalue weighted by Gasteiger charge is -2.16. The second kappa shape index (κ2) is 6.36. The highest BCUT2D eigenvalue weighted by atomic mass is 16.2. The Hall–Kier alpha value is -3.21. The number of carbonyl (C=O) groups is 2. The van der Waals surface area contributed by atoms with E-state index >= 15 is 0 Å². The predicted molar refractivity (Wildman–Crippen MR) is 97.7 cm³/mol. The van der Waals surface area contributed by atoms with E-state index in [9.17, 15) is 9.59 Å². The van der Waals surface area contributed by atoms with Crippen molar-refractivity contribution >= 4 is 34.2 Å². The van der Waals surface area contributed by atoms with Gasteiger partial charge in [0.2, 0.25) is 5.91 Å². The largest absolute Gasteiger partial charge is 0.312 e. The fourth-order valence-electron chi connectivity index (χ4n) is 3.06. The average Bonchev–Trinajstić information content (AvgIpc) is 3.08. The molecule has 25 heavy (non-hydrogen) atoms. The summed E-state index contributed by atoms with van der Waals surface area (Å²) in [6.07, 6.45) is 1.42. The Bertz CT molecular complexity index is 968. The molecule has 0 aliphatic carbocycles. The lowest BCUT2D eigenvalue weighted by Crippen LogP contribution is -2.24. The van der Waals surface area contributed by atoms with Gasteiger partial charge in [0.1, 0.15) is 5.82 Å². The van der Waals surface area contributed by atoms with Crippen LogP contribution in [0.5, 0.6) is 0 Å². The van der Waals surface area contributed by atoms with Gasteiger partial charge in [-0.2, -0.15) is 0 Å². The van der Waals surface area contributed by atoms with E-state index in [0.717, 1.165) is 23.0 Å². The summed E-state index contributed by atoms with van der Waals surface area (Å²) in [5.41, 5.74) is 2.10. The van der Waals surface area contributed by atoms with Crippen LogP contribution >= 0.6 is 0 Å². The van der Waals surface area contributed by atoms with Crippen molar-refractivity contribution in [3.05, 3.63) is 66.2 Å². The van der Waals surface area contributed by atoms with Gasteiger partial charge in [0.15, 0.2) is 0 Å². The smallest absolute Gasteiger partial charge is 0.256 e. The van der Waals surface area contributed by atoms with E-state index in [1.54, 1.807) is 29.2 Å². The van der Waals surface area contributed by atoms with E-state index in [-0.39, 0.29) is 11.8 Å². The molecule has 1 aromatic heterocycles. The van der Waals surface area contributed by atoms with Crippen LogP contribution in [0.4, 0.5) is 11.5 Å². The molecule has 4 rings (SSSR count). The van der Waals surface area contributed by atoms with Crippen molar-refractivity contribution in [1.82, 2.24) is 4.98 Å². The van der Waals surface area contributed by atoms with Gasteiger partial charge in [-0.05, 0) is 42.8 Å². The number of nitrogens with one attached hydrogen (secondary N) is 1. The van der Waals surface area contributed by atoms with Crippen molar-refractivity contribution in [2.24, 2.45) is 0 Å². The number of anilines is 2. The molecule has 124 valence electrons. The van der Waals surface area contributed by atoms with E-state index in [1.165, 1.54) is 0 Å². The molecule has 0 radical (unpaired) electrons. The van der Waals surface area contributed by atoms with Crippen LogP contribution in [-0.4, -0.2) is 23.3 Å². The zero-order chi connectivity index (χ0) is 17.2. The molecule has 2 amide bonds. The lowest BCUT2D eigenvalue weighted by atomic mass is 10.1. The molecule has 0 saturated carbocycles. The Morgan fingerprint density at radius 3 is 2.76 bits per heavy atom. The van der Waals surface area contributed by atoms with E-state index in [1.807, 2.05) is 36.4 Å². The first-order chi connectivity index (χ1) is 12.2. The third kappa shape index (κ3) is 3.08. The van der Waals surface area contributed by atoms with E-state index in [2.05, 4.69) is 10.3 Å². The highest BCUT2D eigenvalue weighted by molar-refractivity contribution is 6.05. The van der Waals surface area contributed by atoms with Gasteiger partial charge in [0.25, 0.3) is 5.91 Å². The first-order valence-corrected chi connectivity index (χ1v) is 8.28. The fraction of sp³-hybridized carbons (Fsp3) is 0.150. The summed E-state index contributed by atoms with van der Waals surface area (Å²) in [7, 11) is 0. The van der Waals surface area contributed by atoms with Crippen molar-refractivity contribution in [3.63, 3.8) is 0 Å². The summed E-state index contributed by atoms with van der Waals surface area (Å²) in [6.45, 7) is 0.704. The maximum absolute atomic E-state index is 12.5. The third-order valence-electron chi connectivity index (χ3n) is 4.33. The van der Waals surface area contributed by atoms with Gasteiger partial charge in [-0.15, -0.1) is 0 Å². The van der Waals surface area contributed by atoms with Crippen molar-refractivity contribution in [2.75, 3.05) is 16.8 Å². The maximum Gasteiger partial charge on any atom is 0.256 e. The number of pyridine rings is 1. The number of para-hydroxylation sites is 1.